The lowest BCUT2D eigenvalue weighted by molar-refractivity contribution is 0.0636. The van der Waals surface area contributed by atoms with Gasteiger partial charge in [0.15, 0.2) is 0 Å². The highest BCUT2D eigenvalue weighted by molar-refractivity contribution is 4.83. The molecule has 0 aromatic carbocycles. The number of ether oxygens (including phenoxy) is 1. The molecule has 1 saturated heterocycles. The standard InChI is InChI=1S/C10H18N2O/c1-2-10(7-11)13-8-9-5-3-4-6-12-9/h9-10,12H,2-6,8H2,1H3. The van der Waals surface area contributed by atoms with Crippen molar-refractivity contribution in [3.05, 3.63) is 0 Å². The summed E-state index contributed by atoms with van der Waals surface area (Å²) in [5.41, 5.74) is 0. The zero-order valence-electron chi connectivity index (χ0n) is 8.25. The Morgan fingerprint density at radius 3 is 3.00 bits per heavy atom. The van der Waals surface area contributed by atoms with E-state index in [1.807, 2.05) is 6.92 Å². The molecule has 1 rings (SSSR count). The van der Waals surface area contributed by atoms with Gasteiger partial charge in [0.2, 0.25) is 0 Å². The number of nitrogens with one attached hydrogen (secondary N) is 1. The Bertz CT molecular complexity index is 170. The van der Waals surface area contributed by atoms with Gasteiger partial charge < -0.3 is 10.1 Å². The first-order valence-electron chi connectivity index (χ1n) is 5.11. The average Bonchev–Trinajstić information content (AvgIpc) is 2.21. The van der Waals surface area contributed by atoms with Gasteiger partial charge >= 0.3 is 0 Å². The summed E-state index contributed by atoms with van der Waals surface area (Å²) in [4.78, 5) is 0. The number of piperidine rings is 1. The van der Waals surface area contributed by atoms with E-state index in [4.69, 9.17) is 10.00 Å². The highest BCUT2D eigenvalue weighted by atomic mass is 16.5. The predicted octanol–water partition coefficient (Wildman–Crippen LogP) is 1.45. The summed E-state index contributed by atoms with van der Waals surface area (Å²) in [7, 11) is 0. The van der Waals surface area contributed by atoms with Gasteiger partial charge in [0.1, 0.15) is 6.10 Å². The summed E-state index contributed by atoms with van der Waals surface area (Å²) in [6, 6.07) is 2.61. The van der Waals surface area contributed by atoms with Gasteiger partial charge in [-0.2, -0.15) is 5.26 Å². The fourth-order valence-electron chi connectivity index (χ4n) is 1.54. The Morgan fingerprint density at radius 2 is 2.46 bits per heavy atom. The van der Waals surface area contributed by atoms with E-state index >= 15 is 0 Å². The van der Waals surface area contributed by atoms with Crippen molar-refractivity contribution in [1.82, 2.24) is 5.32 Å². The largest absolute Gasteiger partial charge is 0.362 e. The first-order valence-corrected chi connectivity index (χ1v) is 5.11. The van der Waals surface area contributed by atoms with E-state index in [9.17, 15) is 0 Å². The van der Waals surface area contributed by atoms with Gasteiger partial charge in [0.05, 0.1) is 12.7 Å². The zero-order valence-corrected chi connectivity index (χ0v) is 8.25. The van der Waals surface area contributed by atoms with Crippen LogP contribution in [-0.4, -0.2) is 25.3 Å². The number of nitriles is 1. The van der Waals surface area contributed by atoms with E-state index in [2.05, 4.69) is 11.4 Å². The minimum atomic E-state index is -0.219. The number of hydrogen-bond donors (Lipinski definition) is 1. The second-order valence-electron chi connectivity index (χ2n) is 3.51. The predicted molar refractivity (Wildman–Crippen MR) is 51.3 cm³/mol. The monoisotopic (exact) mass is 182 g/mol. The maximum absolute atomic E-state index is 8.66. The van der Waals surface area contributed by atoms with Crippen molar-refractivity contribution in [2.45, 2.75) is 44.8 Å². The Balaban J connectivity index is 2.13. The maximum atomic E-state index is 8.66. The third-order valence-corrected chi connectivity index (χ3v) is 2.43. The van der Waals surface area contributed by atoms with Crippen LogP contribution >= 0.6 is 0 Å². The van der Waals surface area contributed by atoms with Crippen LogP contribution in [0.5, 0.6) is 0 Å². The molecular formula is C10H18N2O. The molecule has 3 heteroatoms. The lowest BCUT2D eigenvalue weighted by Gasteiger charge is -2.23. The van der Waals surface area contributed by atoms with Crippen LogP contribution in [0.25, 0.3) is 0 Å². The van der Waals surface area contributed by atoms with Gasteiger partial charge in [-0.25, -0.2) is 0 Å². The lowest BCUT2D eigenvalue weighted by Crippen LogP contribution is -2.38. The third-order valence-electron chi connectivity index (χ3n) is 2.43. The van der Waals surface area contributed by atoms with Gasteiger partial charge in [-0.15, -0.1) is 0 Å². The molecule has 1 heterocycles. The van der Waals surface area contributed by atoms with Crippen molar-refractivity contribution in [3.8, 4) is 6.07 Å². The van der Waals surface area contributed by atoms with Crippen LogP contribution in [0.3, 0.4) is 0 Å². The first kappa shape index (κ1) is 10.5. The highest BCUT2D eigenvalue weighted by Gasteiger charge is 2.14. The SMILES string of the molecule is CCC(C#N)OCC1CCCCN1. The maximum Gasteiger partial charge on any atom is 0.143 e. The summed E-state index contributed by atoms with van der Waals surface area (Å²) in [6.45, 7) is 3.76. The molecule has 1 aliphatic heterocycles. The van der Waals surface area contributed by atoms with E-state index in [1.165, 1.54) is 19.3 Å². The molecule has 3 nitrogen and oxygen atoms in total. The van der Waals surface area contributed by atoms with Gasteiger partial charge in [0, 0.05) is 6.04 Å². The Labute approximate surface area is 80.1 Å². The quantitative estimate of drug-likeness (QED) is 0.715. The number of rotatable bonds is 4. The molecule has 0 radical (unpaired) electrons. The smallest absolute Gasteiger partial charge is 0.143 e. The third kappa shape index (κ3) is 3.75. The number of hydrogen-bond acceptors (Lipinski definition) is 3. The molecule has 0 amide bonds. The molecule has 13 heavy (non-hydrogen) atoms. The molecule has 0 bridgehead atoms. The van der Waals surface area contributed by atoms with Crippen LogP contribution in [0.1, 0.15) is 32.6 Å². The van der Waals surface area contributed by atoms with Crippen LogP contribution in [0.2, 0.25) is 0 Å². The second-order valence-corrected chi connectivity index (χ2v) is 3.51. The van der Waals surface area contributed by atoms with Crippen molar-refractivity contribution in [2.24, 2.45) is 0 Å². The minimum absolute atomic E-state index is 0.219. The van der Waals surface area contributed by atoms with Crippen molar-refractivity contribution < 1.29 is 4.74 Å². The highest BCUT2D eigenvalue weighted by Crippen LogP contribution is 2.08. The molecule has 1 fully saturated rings. The van der Waals surface area contributed by atoms with Crippen LogP contribution in [-0.2, 0) is 4.74 Å². The minimum Gasteiger partial charge on any atom is -0.362 e. The summed E-state index contributed by atoms with van der Waals surface area (Å²) in [5.74, 6) is 0. The molecule has 0 aliphatic carbocycles. The Morgan fingerprint density at radius 1 is 1.62 bits per heavy atom. The van der Waals surface area contributed by atoms with Crippen LogP contribution in [0.15, 0.2) is 0 Å². The van der Waals surface area contributed by atoms with Crippen LogP contribution < -0.4 is 5.32 Å². The molecule has 1 N–H and O–H groups in total. The topological polar surface area (TPSA) is 45.0 Å². The second kappa shape index (κ2) is 5.95. The first-order chi connectivity index (χ1) is 6.36. The van der Waals surface area contributed by atoms with E-state index in [0.29, 0.717) is 12.6 Å². The van der Waals surface area contributed by atoms with Crippen molar-refractivity contribution >= 4 is 0 Å². The molecule has 1 aliphatic rings. The summed E-state index contributed by atoms with van der Waals surface area (Å²) in [6.07, 6.45) is 4.30. The van der Waals surface area contributed by atoms with E-state index in [-0.39, 0.29) is 6.10 Å². The zero-order chi connectivity index (χ0) is 9.52. The van der Waals surface area contributed by atoms with Gasteiger partial charge in [-0.3, -0.25) is 0 Å². The van der Waals surface area contributed by atoms with Crippen molar-refractivity contribution in [3.63, 3.8) is 0 Å². The van der Waals surface area contributed by atoms with E-state index < -0.39 is 0 Å². The van der Waals surface area contributed by atoms with Gasteiger partial charge in [0.25, 0.3) is 0 Å². The molecule has 2 atom stereocenters. The van der Waals surface area contributed by atoms with Gasteiger partial charge in [-0.05, 0) is 25.8 Å². The Hall–Kier alpha value is -0.590. The summed E-state index contributed by atoms with van der Waals surface area (Å²) >= 11 is 0. The summed E-state index contributed by atoms with van der Waals surface area (Å²) < 4.78 is 5.46. The fourth-order valence-corrected chi connectivity index (χ4v) is 1.54. The Kier molecular flexibility index (Phi) is 4.81. The molecule has 2 unspecified atom stereocenters. The van der Waals surface area contributed by atoms with Crippen molar-refractivity contribution in [1.29, 1.82) is 5.26 Å². The molecule has 0 saturated carbocycles. The van der Waals surface area contributed by atoms with E-state index in [0.717, 1.165) is 13.0 Å². The molecule has 0 spiro atoms. The fraction of sp³-hybridized carbons (Fsp3) is 0.900. The molecule has 0 aromatic heterocycles. The van der Waals surface area contributed by atoms with Crippen LogP contribution in [0.4, 0.5) is 0 Å². The lowest BCUT2D eigenvalue weighted by atomic mass is 10.1. The van der Waals surface area contributed by atoms with Gasteiger partial charge in [-0.1, -0.05) is 13.3 Å². The van der Waals surface area contributed by atoms with E-state index in [1.54, 1.807) is 0 Å². The average molecular weight is 182 g/mol. The molecular weight excluding hydrogens is 164 g/mol. The molecule has 0 aromatic rings. The summed E-state index contributed by atoms with van der Waals surface area (Å²) in [5, 5.41) is 12.0. The number of nitrogens with zero attached hydrogens (tertiary/aromatic N) is 1. The van der Waals surface area contributed by atoms with Crippen LogP contribution in [0, 0.1) is 11.3 Å². The molecule has 74 valence electrons. The van der Waals surface area contributed by atoms with Crippen molar-refractivity contribution in [2.75, 3.05) is 13.2 Å². The normalized spacial score (nSPS) is 25.1.